The molecule has 4 N–H and O–H groups in total. The van der Waals surface area contributed by atoms with Crippen LogP contribution in [0.4, 0.5) is 5.69 Å². The first-order valence-electron chi connectivity index (χ1n) is 7.61. The summed E-state index contributed by atoms with van der Waals surface area (Å²) in [6.45, 7) is 0. The third kappa shape index (κ3) is 6.99. The Labute approximate surface area is 156 Å². The fourth-order valence-electron chi connectivity index (χ4n) is 1.94. The third-order valence-corrected chi connectivity index (χ3v) is 3.31. The number of carbonyl (C=O) groups is 2. The second-order valence-electron chi connectivity index (χ2n) is 5.08. The second-order valence-corrected chi connectivity index (χ2v) is 5.08. The van der Waals surface area contributed by atoms with Crippen molar-refractivity contribution in [3.8, 4) is 17.2 Å². The number of carboxylic acid groups (broad SMARTS) is 2. The Morgan fingerprint density at radius 3 is 1.74 bits per heavy atom. The van der Waals surface area contributed by atoms with Crippen molar-refractivity contribution in [2.24, 2.45) is 0 Å². The van der Waals surface area contributed by atoms with Crippen LogP contribution in [0.1, 0.15) is 11.1 Å². The lowest BCUT2D eigenvalue weighted by molar-refractivity contribution is -0.159. The average Bonchev–Trinajstić information content (AvgIpc) is 2.66. The van der Waals surface area contributed by atoms with Gasteiger partial charge in [-0.2, -0.15) is 0 Å². The lowest BCUT2D eigenvalue weighted by Gasteiger charge is -2.06. The first kappa shape index (κ1) is 21.4. The SMILES string of the molecule is COc1cc(/C=C/c2ccc(OC)cc2N)cc(OC)c1.O=C(O)C(=O)O. The van der Waals surface area contributed by atoms with Gasteiger partial charge in [-0.3, -0.25) is 0 Å². The summed E-state index contributed by atoms with van der Waals surface area (Å²) in [6, 6.07) is 11.3. The monoisotopic (exact) mass is 375 g/mol. The lowest BCUT2D eigenvalue weighted by atomic mass is 10.1. The van der Waals surface area contributed by atoms with E-state index in [4.69, 9.17) is 39.7 Å². The number of nitrogen functional groups attached to an aromatic ring is 1. The van der Waals surface area contributed by atoms with Crippen LogP contribution in [0, 0.1) is 0 Å². The van der Waals surface area contributed by atoms with Crippen molar-refractivity contribution in [1.82, 2.24) is 0 Å². The number of benzene rings is 2. The van der Waals surface area contributed by atoms with Gasteiger partial charge in [0.25, 0.3) is 0 Å². The van der Waals surface area contributed by atoms with Gasteiger partial charge < -0.3 is 30.2 Å². The van der Waals surface area contributed by atoms with Crippen molar-refractivity contribution in [2.75, 3.05) is 27.1 Å². The van der Waals surface area contributed by atoms with Gasteiger partial charge in [0, 0.05) is 17.8 Å². The molecule has 0 fully saturated rings. The summed E-state index contributed by atoms with van der Waals surface area (Å²) >= 11 is 0. The van der Waals surface area contributed by atoms with Crippen LogP contribution in [-0.2, 0) is 9.59 Å². The quantitative estimate of drug-likeness (QED) is 0.413. The van der Waals surface area contributed by atoms with Crippen molar-refractivity contribution in [3.05, 3.63) is 47.5 Å². The number of hydrogen-bond acceptors (Lipinski definition) is 6. The van der Waals surface area contributed by atoms with Crippen LogP contribution in [0.15, 0.2) is 36.4 Å². The molecule has 2 aromatic carbocycles. The first-order valence-corrected chi connectivity index (χ1v) is 7.61. The van der Waals surface area contributed by atoms with Crippen molar-refractivity contribution < 1.29 is 34.0 Å². The molecule has 0 aliphatic heterocycles. The number of aliphatic carboxylic acids is 2. The van der Waals surface area contributed by atoms with E-state index in [1.807, 2.05) is 42.5 Å². The maximum atomic E-state index is 9.10. The molecular formula is C19H21NO7. The van der Waals surface area contributed by atoms with Crippen molar-refractivity contribution >= 4 is 29.8 Å². The number of methoxy groups -OCH3 is 3. The summed E-state index contributed by atoms with van der Waals surface area (Å²) < 4.78 is 15.6. The molecule has 8 heteroatoms. The number of rotatable bonds is 5. The van der Waals surface area contributed by atoms with Gasteiger partial charge in [0.2, 0.25) is 0 Å². The highest BCUT2D eigenvalue weighted by Crippen LogP contribution is 2.25. The van der Waals surface area contributed by atoms with E-state index in [-0.39, 0.29) is 0 Å². The molecule has 2 aromatic rings. The maximum Gasteiger partial charge on any atom is 0.414 e. The molecule has 0 spiro atoms. The molecule has 144 valence electrons. The van der Waals surface area contributed by atoms with E-state index in [1.54, 1.807) is 27.4 Å². The zero-order valence-electron chi connectivity index (χ0n) is 15.1. The minimum Gasteiger partial charge on any atom is -0.497 e. The van der Waals surface area contributed by atoms with E-state index < -0.39 is 11.9 Å². The molecule has 0 unspecified atom stereocenters. The molecule has 0 amide bonds. The molecule has 27 heavy (non-hydrogen) atoms. The standard InChI is InChI=1S/C17H19NO3.C2H2O4/c1-19-14-7-6-13(17(18)11-14)5-4-12-8-15(20-2)10-16(9-12)21-3;3-1(4)2(5)6/h4-11H,18H2,1-3H3;(H,3,4)(H,5,6)/b5-4+;. The Bertz CT molecular complexity index is 797. The van der Waals surface area contributed by atoms with Crippen LogP contribution in [0.5, 0.6) is 17.2 Å². The Kier molecular flexibility index (Phi) is 8.18. The highest BCUT2D eigenvalue weighted by molar-refractivity contribution is 6.27. The molecule has 0 aromatic heterocycles. The molecule has 0 saturated carbocycles. The fraction of sp³-hybridized carbons (Fsp3) is 0.158. The molecule has 0 radical (unpaired) electrons. The van der Waals surface area contributed by atoms with Crippen molar-refractivity contribution in [3.63, 3.8) is 0 Å². The van der Waals surface area contributed by atoms with Gasteiger partial charge in [-0.25, -0.2) is 9.59 Å². The highest BCUT2D eigenvalue weighted by Gasteiger charge is 2.04. The van der Waals surface area contributed by atoms with Crippen molar-refractivity contribution in [1.29, 1.82) is 0 Å². The van der Waals surface area contributed by atoms with Crippen LogP contribution in [0.2, 0.25) is 0 Å². The van der Waals surface area contributed by atoms with Crippen LogP contribution in [0.25, 0.3) is 12.2 Å². The fourth-order valence-corrected chi connectivity index (χ4v) is 1.94. The summed E-state index contributed by atoms with van der Waals surface area (Å²) in [5.74, 6) is -1.41. The van der Waals surface area contributed by atoms with Crippen LogP contribution < -0.4 is 19.9 Å². The topological polar surface area (TPSA) is 128 Å². The van der Waals surface area contributed by atoms with Gasteiger partial charge in [-0.05, 0) is 35.4 Å². The van der Waals surface area contributed by atoms with Crippen molar-refractivity contribution in [2.45, 2.75) is 0 Å². The molecule has 8 nitrogen and oxygen atoms in total. The molecule has 0 aliphatic carbocycles. The second kappa shape index (κ2) is 10.3. The van der Waals surface area contributed by atoms with Gasteiger partial charge in [0.15, 0.2) is 0 Å². The molecule has 0 aliphatic rings. The molecule has 0 saturated heterocycles. The van der Waals surface area contributed by atoms with Crippen LogP contribution in [0.3, 0.4) is 0 Å². The summed E-state index contributed by atoms with van der Waals surface area (Å²) in [5.41, 5.74) is 8.56. The predicted molar refractivity (Wildman–Crippen MR) is 101 cm³/mol. The normalized spacial score (nSPS) is 9.89. The number of anilines is 1. The number of ether oxygens (including phenoxy) is 3. The van der Waals surface area contributed by atoms with Crippen LogP contribution >= 0.6 is 0 Å². The summed E-state index contributed by atoms with van der Waals surface area (Å²) in [5, 5.41) is 14.8. The molecular weight excluding hydrogens is 354 g/mol. The van der Waals surface area contributed by atoms with E-state index in [0.717, 1.165) is 28.4 Å². The minimum absolute atomic E-state index is 0.667. The Morgan fingerprint density at radius 2 is 1.33 bits per heavy atom. The van der Waals surface area contributed by atoms with Gasteiger partial charge in [0.05, 0.1) is 21.3 Å². The van der Waals surface area contributed by atoms with E-state index in [2.05, 4.69) is 0 Å². The third-order valence-electron chi connectivity index (χ3n) is 3.31. The smallest absolute Gasteiger partial charge is 0.414 e. The number of carboxylic acids is 2. The van der Waals surface area contributed by atoms with E-state index in [9.17, 15) is 0 Å². The zero-order chi connectivity index (χ0) is 20.4. The Balaban J connectivity index is 0.000000527. The van der Waals surface area contributed by atoms with Gasteiger partial charge in [-0.15, -0.1) is 0 Å². The maximum absolute atomic E-state index is 9.10. The van der Waals surface area contributed by atoms with Gasteiger partial charge in [0.1, 0.15) is 17.2 Å². The molecule has 2 rings (SSSR count). The zero-order valence-corrected chi connectivity index (χ0v) is 15.1. The van der Waals surface area contributed by atoms with Gasteiger partial charge >= 0.3 is 11.9 Å². The number of hydrogen-bond donors (Lipinski definition) is 3. The lowest BCUT2D eigenvalue weighted by Crippen LogP contribution is -2.09. The Morgan fingerprint density at radius 1 is 0.815 bits per heavy atom. The highest BCUT2D eigenvalue weighted by atomic mass is 16.5. The first-order chi connectivity index (χ1) is 12.8. The largest absolute Gasteiger partial charge is 0.497 e. The van der Waals surface area contributed by atoms with E-state index in [1.165, 1.54) is 0 Å². The minimum atomic E-state index is -1.82. The van der Waals surface area contributed by atoms with Crippen LogP contribution in [-0.4, -0.2) is 43.5 Å². The summed E-state index contributed by atoms with van der Waals surface area (Å²) in [4.78, 5) is 18.2. The molecule has 0 heterocycles. The van der Waals surface area contributed by atoms with Gasteiger partial charge in [-0.1, -0.05) is 12.2 Å². The molecule has 0 atom stereocenters. The van der Waals surface area contributed by atoms with E-state index >= 15 is 0 Å². The molecule has 0 bridgehead atoms. The van der Waals surface area contributed by atoms with E-state index in [0.29, 0.717) is 5.69 Å². The average molecular weight is 375 g/mol. The summed E-state index contributed by atoms with van der Waals surface area (Å²) in [6.07, 6.45) is 3.91. The summed E-state index contributed by atoms with van der Waals surface area (Å²) in [7, 11) is 4.88. The number of nitrogens with two attached hydrogens (primary N) is 1. The Hall–Kier alpha value is -3.68. The predicted octanol–water partition coefficient (Wildman–Crippen LogP) is 2.62.